The molecule has 0 aromatic carbocycles. The summed E-state index contributed by atoms with van der Waals surface area (Å²) in [5, 5.41) is 0.154. The molecule has 17 heavy (non-hydrogen) atoms. The van der Waals surface area contributed by atoms with Gasteiger partial charge in [0.15, 0.2) is 0 Å². The van der Waals surface area contributed by atoms with E-state index in [0.717, 1.165) is 19.1 Å². The Morgan fingerprint density at radius 2 is 1.94 bits per heavy atom. The monoisotopic (exact) mass is 320 g/mol. The molecule has 0 saturated carbocycles. The minimum Gasteiger partial charge on any atom is -0.431 e. The maximum Gasteiger partial charge on any atom is 0.378 e. The van der Waals surface area contributed by atoms with Crippen LogP contribution in [0.1, 0.15) is 26.7 Å². The van der Waals surface area contributed by atoms with Crippen LogP contribution in [-0.4, -0.2) is 12.8 Å². The molecule has 3 nitrogen and oxygen atoms in total. The van der Waals surface area contributed by atoms with Crippen molar-refractivity contribution in [3.8, 4) is 0 Å². The first-order valence-corrected chi connectivity index (χ1v) is 8.10. The highest BCUT2D eigenvalue weighted by molar-refractivity contribution is 7.53. The van der Waals surface area contributed by atoms with Gasteiger partial charge in [0, 0.05) is 0 Å². The van der Waals surface area contributed by atoms with Crippen molar-refractivity contribution in [3.05, 3.63) is 21.9 Å². The molecular weight excluding hydrogens is 305 g/mol. The van der Waals surface area contributed by atoms with Crippen LogP contribution < -0.4 is 0 Å². The van der Waals surface area contributed by atoms with Crippen LogP contribution in [-0.2, 0) is 13.6 Å². The Balaban J connectivity index is 4.54. The molecule has 0 rings (SSSR count). The van der Waals surface area contributed by atoms with E-state index >= 15 is 0 Å². The Labute approximate surface area is 117 Å². The van der Waals surface area contributed by atoms with E-state index < -0.39 is 7.60 Å². The van der Waals surface area contributed by atoms with Crippen LogP contribution in [0.5, 0.6) is 0 Å². The Bertz CT molecular complexity index is 325. The van der Waals surface area contributed by atoms with Crippen LogP contribution in [0.3, 0.4) is 0 Å². The zero-order chi connectivity index (χ0) is 13.3. The SMILES string of the molecule is CCCCP(=O)(OC=C(Cl)C=C(Cl)Cl)OCC. The highest BCUT2D eigenvalue weighted by Crippen LogP contribution is 2.49. The van der Waals surface area contributed by atoms with Gasteiger partial charge in [-0.1, -0.05) is 48.1 Å². The summed E-state index contributed by atoms with van der Waals surface area (Å²) in [5.41, 5.74) is 0. The summed E-state index contributed by atoms with van der Waals surface area (Å²) in [5.74, 6) is 0. The number of halogens is 3. The average Bonchev–Trinajstić information content (AvgIpc) is 2.23. The van der Waals surface area contributed by atoms with Crippen molar-refractivity contribution in [2.24, 2.45) is 0 Å². The van der Waals surface area contributed by atoms with Crippen LogP contribution >= 0.6 is 42.4 Å². The van der Waals surface area contributed by atoms with Gasteiger partial charge in [-0.15, -0.1) is 0 Å². The lowest BCUT2D eigenvalue weighted by Crippen LogP contribution is -1.97. The fourth-order valence-electron chi connectivity index (χ4n) is 0.965. The van der Waals surface area contributed by atoms with Crippen molar-refractivity contribution in [2.45, 2.75) is 26.7 Å². The van der Waals surface area contributed by atoms with Crippen molar-refractivity contribution >= 4 is 42.4 Å². The first-order chi connectivity index (χ1) is 7.93. The normalized spacial score (nSPS) is 15.2. The van der Waals surface area contributed by atoms with E-state index in [1.165, 1.54) is 6.08 Å². The molecule has 0 aromatic heterocycles. The van der Waals surface area contributed by atoms with Crippen molar-refractivity contribution in [3.63, 3.8) is 0 Å². The van der Waals surface area contributed by atoms with Gasteiger partial charge in [0.25, 0.3) is 0 Å². The Morgan fingerprint density at radius 1 is 1.29 bits per heavy atom. The van der Waals surface area contributed by atoms with E-state index in [1.807, 2.05) is 6.92 Å². The zero-order valence-electron chi connectivity index (χ0n) is 9.79. The molecule has 0 aliphatic carbocycles. The van der Waals surface area contributed by atoms with Crippen molar-refractivity contribution in [1.29, 1.82) is 0 Å². The molecule has 1 atom stereocenters. The predicted octanol–water partition coefficient (Wildman–Crippen LogP) is 5.43. The Kier molecular flexibility index (Phi) is 9.48. The third-order valence-corrected chi connectivity index (χ3v) is 4.04. The molecular formula is C10H16Cl3O3P. The van der Waals surface area contributed by atoms with Crippen LogP contribution in [0, 0.1) is 0 Å². The summed E-state index contributed by atoms with van der Waals surface area (Å²) in [6.07, 6.45) is 4.44. The quantitative estimate of drug-likeness (QED) is 0.339. The lowest BCUT2D eigenvalue weighted by atomic mass is 10.4. The smallest absolute Gasteiger partial charge is 0.378 e. The van der Waals surface area contributed by atoms with Crippen LogP contribution in [0.15, 0.2) is 21.9 Å². The van der Waals surface area contributed by atoms with E-state index in [2.05, 4.69) is 0 Å². The fourth-order valence-corrected chi connectivity index (χ4v) is 3.19. The summed E-state index contributed by atoms with van der Waals surface area (Å²) in [6, 6.07) is 0. The second kappa shape index (κ2) is 9.29. The summed E-state index contributed by atoms with van der Waals surface area (Å²) >= 11 is 16.6. The maximum atomic E-state index is 12.1. The number of hydrogen-bond donors (Lipinski definition) is 0. The molecule has 0 amide bonds. The van der Waals surface area contributed by atoms with Gasteiger partial charge in [-0.25, -0.2) is 4.57 Å². The largest absolute Gasteiger partial charge is 0.431 e. The lowest BCUT2D eigenvalue weighted by Gasteiger charge is -2.15. The third-order valence-electron chi connectivity index (χ3n) is 1.68. The zero-order valence-corrected chi connectivity index (χ0v) is 13.0. The van der Waals surface area contributed by atoms with Gasteiger partial charge in [-0.3, -0.25) is 0 Å². The standard InChI is InChI=1S/C10H16Cl3O3P/c1-3-5-6-17(14,15-4-2)16-8-9(11)7-10(12)13/h7-8H,3-6H2,1-2H3. The number of unbranched alkanes of at least 4 members (excludes halogenated alkanes) is 1. The Hall–Kier alpha value is 0.340. The molecule has 1 unspecified atom stereocenters. The van der Waals surface area contributed by atoms with Crippen LogP contribution in [0.4, 0.5) is 0 Å². The van der Waals surface area contributed by atoms with Crippen molar-refractivity contribution in [1.82, 2.24) is 0 Å². The molecule has 0 aliphatic heterocycles. The fraction of sp³-hybridized carbons (Fsp3) is 0.600. The van der Waals surface area contributed by atoms with E-state index in [1.54, 1.807) is 6.92 Å². The number of rotatable bonds is 8. The predicted molar refractivity (Wildman–Crippen MR) is 73.8 cm³/mol. The van der Waals surface area contributed by atoms with Gasteiger partial charge in [-0.05, 0) is 19.4 Å². The van der Waals surface area contributed by atoms with E-state index in [0.29, 0.717) is 12.8 Å². The molecule has 100 valence electrons. The highest BCUT2D eigenvalue weighted by atomic mass is 35.5. The molecule has 7 heteroatoms. The van der Waals surface area contributed by atoms with Gasteiger partial charge in [0.05, 0.1) is 17.8 Å². The summed E-state index contributed by atoms with van der Waals surface area (Å²) in [4.78, 5) is 0. The second-order valence-corrected chi connectivity index (χ2v) is 6.73. The maximum absolute atomic E-state index is 12.1. The summed E-state index contributed by atoms with van der Waals surface area (Å²) in [7, 11) is -3.11. The molecule has 0 aromatic rings. The molecule has 0 saturated heterocycles. The van der Waals surface area contributed by atoms with E-state index in [9.17, 15) is 4.57 Å². The molecule has 0 radical (unpaired) electrons. The van der Waals surface area contributed by atoms with E-state index in [-0.39, 0.29) is 9.52 Å². The highest BCUT2D eigenvalue weighted by Gasteiger charge is 2.23. The Morgan fingerprint density at radius 3 is 2.41 bits per heavy atom. The first kappa shape index (κ1) is 17.3. The molecule has 0 heterocycles. The van der Waals surface area contributed by atoms with Gasteiger partial charge in [0.2, 0.25) is 0 Å². The van der Waals surface area contributed by atoms with Crippen molar-refractivity contribution in [2.75, 3.05) is 12.8 Å². The molecule has 0 spiro atoms. The number of hydrogen-bond acceptors (Lipinski definition) is 3. The number of allylic oxidation sites excluding steroid dienone is 2. The third kappa shape index (κ3) is 8.98. The van der Waals surface area contributed by atoms with Gasteiger partial charge >= 0.3 is 7.60 Å². The topological polar surface area (TPSA) is 35.5 Å². The molecule has 0 N–H and O–H groups in total. The molecule has 0 fully saturated rings. The van der Waals surface area contributed by atoms with Crippen LogP contribution in [0.25, 0.3) is 0 Å². The second-order valence-electron chi connectivity index (χ2n) is 3.15. The summed E-state index contributed by atoms with van der Waals surface area (Å²) in [6.45, 7) is 4.07. The summed E-state index contributed by atoms with van der Waals surface area (Å²) < 4.78 is 22.4. The lowest BCUT2D eigenvalue weighted by molar-refractivity contribution is 0.261. The average molecular weight is 322 g/mol. The van der Waals surface area contributed by atoms with Crippen molar-refractivity contribution < 1.29 is 13.6 Å². The van der Waals surface area contributed by atoms with Crippen LogP contribution in [0.2, 0.25) is 0 Å². The first-order valence-electron chi connectivity index (χ1n) is 5.24. The van der Waals surface area contributed by atoms with Gasteiger partial charge < -0.3 is 9.05 Å². The molecule has 0 bridgehead atoms. The van der Waals surface area contributed by atoms with Gasteiger partial charge in [-0.2, -0.15) is 0 Å². The van der Waals surface area contributed by atoms with Gasteiger partial charge in [0.1, 0.15) is 10.8 Å². The van der Waals surface area contributed by atoms with E-state index in [4.69, 9.17) is 43.9 Å². The minimum absolute atomic E-state index is 0.00495. The molecule has 0 aliphatic rings. The minimum atomic E-state index is -3.11.